The Morgan fingerprint density at radius 3 is 2.83 bits per heavy atom. The van der Waals surface area contributed by atoms with Crippen LogP contribution in [0.3, 0.4) is 0 Å². The Morgan fingerprint density at radius 2 is 2.42 bits per heavy atom. The summed E-state index contributed by atoms with van der Waals surface area (Å²) < 4.78 is 1.62. The lowest BCUT2D eigenvalue weighted by Crippen LogP contribution is -1.98. The number of carboxylic acids is 1. The summed E-state index contributed by atoms with van der Waals surface area (Å²) in [5.41, 5.74) is 1.09. The van der Waals surface area contributed by atoms with Crippen LogP contribution in [0.2, 0.25) is 0 Å². The molecule has 12 heavy (non-hydrogen) atoms. The second-order valence-corrected chi connectivity index (χ2v) is 2.51. The van der Waals surface area contributed by atoms with Crippen LogP contribution in [0, 0.1) is 0 Å². The Bertz CT molecular complexity index is 326. The van der Waals surface area contributed by atoms with E-state index in [1.54, 1.807) is 37.0 Å². The van der Waals surface area contributed by atoms with Crippen LogP contribution in [0.4, 0.5) is 0 Å². The maximum absolute atomic E-state index is 10.4. The monoisotopic (exact) mass is 166 g/mol. The predicted molar refractivity (Wildman–Crippen MR) is 44.5 cm³/mol. The minimum absolute atomic E-state index is 0.304. The Kier molecular flexibility index (Phi) is 2.28. The zero-order valence-electron chi connectivity index (χ0n) is 6.98. The third-order valence-electron chi connectivity index (χ3n) is 1.56. The lowest BCUT2D eigenvalue weighted by Gasteiger charge is -1.95. The van der Waals surface area contributed by atoms with E-state index in [2.05, 4.69) is 5.10 Å². The van der Waals surface area contributed by atoms with Crippen LogP contribution in [0.25, 0.3) is 6.08 Å². The van der Waals surface area contributed by atoms with Crippen LogP contribution in [-0.4, -0.2) is 20.9 Å². The van der Waals surface area contributed by atoms with E-state index in [1.807, 2.05) is 0 Å². The highest BCUT2D eigenvalue weighted by atomic mass is 16.4. The van der Waals surface area contributed by atoms with Gasteiger partial charge in [0.1, 0.15) is 0 Å². The number of rotatable bonds is 2. The zero-order valence-corrected chi connectivity index (χ0v) is 6.98. The molecule has 0 spiro atoms. The predicted octanol–water partition coefficient (Wildman–Crippen LogP) is 0.908. The summed E-state index contributed by atoms with van der Waals surface area (Å²) >= 11 is 0. The summed E-state index contributed by atoms with van der Waals surface area (Å²) in [6.45, 7) is 1.55. The largest absolute Gasteiger partial charge is 0.478 e. The zero-order chi connectivity index (χ0) is 9.14. The highest BCUT2D eigenvalue weighted by molar-refractivity contribution is 5.91. The second-order valence-electron chi connectivity index (χ2n) is 2.51. The van der Waals surface area contributed by atoms with E-state index < -0.39 is 5.97 Å². The first kappa shape index (κ1) is 8.52. The number of aromatic nitrogens is 2. The van der Waals surface area contributed by atoms with E-state index in [-0.39, 0.29) is 0 Å². The SMILES string of the molecule is CC(=Cc1ccnn1C)C(=O)O. The van der Waals surface area contributed by atoms with E-state index in [1.165, 1.54) is 0 Å². The molecule has 1 rings (SSSR count). The number of aliphatic carboxylic acids is 1. The van der Waals surface area contributed by atoms with Gasteiger partial charge in [0.25, 0.3) is 0 Å². The Labute approximate surface area is 70.1 Å². The number of nitrogens with zero attached hydrogens (tertiary/aromatic N) is 2. The smallest absolute Gasteiger partial charge is 0.331 e. The fraction of sp³-hybridized carbons (Fsp3) is 0.250. The standard InChI is InChI=1S/C8H10N2O2/c1-6(8(11)12)5-7-3-4-9-10(7)2/h3-5H,1-2H3,(H,11,12). The highest BCUT2D eigenvalue weighted by Gasteiger charge is 2.01. The molecule has 1 aromatic heterocycles. The normalized spacial score (nSPS) is 11.7. The summed E-state index contributed by atoms with van der Waals surface area (Å²) in [4.78, 5) is 10.4. The third-order valence-corrected chi connectivity index (χ3v) is 1.56. The molecule has 4 nitrogen and oxygen atoms in total. The molecule has 1 N–H and O–H groups in total. The minimum atomic E-state index is -0.906. The van der Waals surface area contributed by atoms with E-state index in [0.29, 0.717) is 5.57 Å². The van der Waals surface area contributed by atoms with Gasteiger partial charge in [-0.2, -0.15) is 5.10 Å². The van der Waals surface area contributed by atoms with Crippen molar-refractivity contribution in [2.45, 2.75) is 6.92 Å². The van der Waals surface area contributed by atoms with Crippen molar-refractivity contribution in [3.63, 3.8) is 0 Å². The molecule has 0 aromatic carbocycles. The van der Waals surface area contributed by atoms with Gasteiger partial charge in [0.2, 0.25) is 0 Å². The summed E-state index contributed by atoms with van der Waals surface area (Å²) in [6, 6.07) is 1.76. The molecule has 0 bridgehead atoms. The number of carbonyl (C=O) groups is 1. The summed E-state index contributed by atoms with van der Waals surface area (Å²) in [5.74, 6) is -0.906. The molecule has 0 radical (unpaired) electrons. The van der Waals surface area contributed by atoms with E-state index in [0.717, 1.165) is 5.69 Å². The van der Waals surface area contributed by atoms with Crippen molar-refractivity contribution < 1.29 is 9.90 Å². The fourth-order valence-electron chi connectivity index (χ4n) is 0.809. The topological polar surface area (TPSA) is 55.1 Å². The molecule has 0 unspecified atom stereocenters. The van der Waals surface area contributed by atoms with Gasteiger partial charge in [-0.15, -0.1) is 0 Å². The quantitative estimate of drug-likeness (QED) is 0.664. The van der Waals surface area contributed by atoms with Crippen LogP contribution in [-0.2, 0) is 11.8 Å². The molecule has 0 aliphatic carbocycles. The molecule has 0 saturated carbocycles. The molecule has 0 aliphatic rings. The van der Waals surface area contributed by atoms with Crippen LogP contribution in [0.5, 0.6) is 0 Å². The number of aryl methyl sites for hydroxylation is 1. The molecular weight excluding hydrogens is 156 g/mol. The lowest BCUT2D eigenvalue weighted by atomic mass is 10.2. The maximum atomic E-state index is 10.4. The van der Waals surface area contributed by atoms with E-state index in [4.69, 9.17) is 5.11 Å². The number of hydrogen-bond acceptors (Lipinski definition) is 2. The van der Waals surface area contributed by atoms with Gasteiger partial charge in [-0.05, 0) is 19.1 Å². The van der Waals surface area contributed by atoms with Gasteiger partial charge in [0.15, 0.2) is 0 Å². The van der Waals surface area contributed by atoms with E-state index in [9.17, 15) is 4.79 Å². The van der Waals surface area contributed by atoms with Gasteiger partial charge < -0.3 is 5.11 Å². The molecular formula is C8H10N2O2. The first-order valence-electron chi connectivity index (χ1n) is 3.51. The molecule has 0 fully saturated rings. The maximum Gasteiger partial charge on any atom is 0.331 e. The van der Waals surface area contributed by atoms with Crippen LogP contribution in [0.15, 0.2) is 17.8 Å². The van der Waals surface area contributed by atoms with Gasteiger partial charge in [-0.25, -0.2) is 4.79 Å². The van der Waals surface area contributed by atoms with Gasteiger partial charge >= 0.3 is 5.97 Å². The highest BCUT2D eigenvalue weighted by Crippen LogP contribution is 2.04. The second kappa shape index (κ2) is 3.21. The molecule has 1 heterocycles. The Balaban J connectivity index is 2.95. The van der Waals surface area contributed by atoms with Crippen molar-refractivity contribution in [2.75, 3.05) is 0 Å². The Morgan fingerprint density at radius 1 is 1.75 bits per heavy atom. The first-order chi connectivity index (χ1) is 5.61. The molecule has 4 heteroatoms. The third kappa shape index (κ3) is 1.72. The molecule has 0 amide bonds. The number of hydrogen-bond donors (Lipinski definition) is 1. The minimum Gasteiger partial charge on any atom is -0.478 e. The van der Waals surface area contributed by atoms with Crippen molar-refractivity contribution in [1.82, 2.24) is 9.78 Å². The molecule has 1 aromatic rings. The van der Waals surface area contributed by atoms with Gasteiger partial charge in [-0.3, -0.25) is 4.68 Å². The van der Waals surface area contributed by atoms with E-state index >= 15 is 0 Å². The van der Waals surface area contributed by atoms with Gasteiger partial charge in [-0.1, -0.05) is 0 Å². The molecule has 0 aliphatic heterocycles. The average Bonchev–Trinajstić information content (AvgIpc) is 2.36. The van der Waals surface area contributed by atoms with Gasteiger partial charge in [0, 0.05) is 18.8 Å². The van der Waals surface area contributed by atoms with Crippen molar-refractivity contribution in [3.05, 3.63) is 23.5 Å². The van der Waals surface area contributed by atoms with Crippen molar-refractivity contribution in [2.24, 2.45) is 7.05 Å². The lowest BCUT2D eigenvalue weighted by molar-refractivity contribution is -0.132. The van der Waals surface area contributed by atoms with Crippen molar-refractivity contribution >= 4 is 12.0 Å². The molecule has 64 valence electrons. The van der Waals surface area contributed by atoms with Crippen molar-refractivity contribution in [3.8, 4) is 0 Å². The average molecular weight is 166 g/mol. The first-order valence-corrected chi connectivity index (χ1v) is 3.51. The van der Waals surface area contributed by atoms with Crippen LogP contribution < -0.4 is 0 Å². The fourth-order valence-corrected chi connectivity index (χ4v) is 0.809. The summed E-state index contributed by atoms with van der Waals surface area (Å²) in [7, 11) is 1.76. The summed E-state index contributed by atoms with van der Waals surface area (Å²) in [5, 5.41) is 12.5. The van der Waals surface area contributed by atoms with Crippen LogP contribution in [0.1, 0.15) is 12.6 Å². The van der Waals surface area contributed by atoms with Crippen molar-refractivity contribution in [1.29, 1.82) is 0 Å². The molecule has 0 atom stereocenters. The molecule has 0 saturated heterocycles. The van der Waals surface area contributed by atoms with Gasteiger partial charge in [0.05, 0.1) is 5.69 Å². The Hall–Kier alpha value is -1.58. The summed E-state index contributed by atoms with van der Waals surface area (Å²) in [6.07, 6.45) is 3.20. The van der Waals surface area contributed by atoms with Crippen LogP contribution >= 0.6 is 0 Å². The number of carboxylic acid groups (broad SMARTS) is 1.